The summed E-state index contributed by atoms with van der Waals surface area (Å²) >= 11 is 0. The van der Waals surface area contributed by atoms with E-state index in [-0.39, 0.29) is 0 Å². The molecule has 106 valence electrons. The van der Waals surface area contributed by atoms with Crippen molar-refractivity contribution in [3.8, 4) is 5.75 Å². The van der Waals surface area contributed by atoms with Crippen molar-refractivity contribution < 1.29 is 4.74 Å². The standard InChI is InChI=1S/C15H20N4O/c1-16-10-13-7-8-15(18-17-13)19(2)11-12-5-4-6-14(9-12)20-3/h4-9,16H,10-11H2,1-3H3. The van der Waals surface area contributed by atoms with Gasteiger partial charge in [0.1, 0.15) is 5.75 Å². The van der Waals surface area contributed by atoms with Crippen LogP contribution < -0.4 is 15.0 Å². The lowest BCUT2D eigenvalue weighted by atomic mass is 10.2. The molecule has 20 heavy (non-hydrogen) atoms. The molecule has 0 unspecified atom stereocenters. The van der Waals surface area contributed by atoms with E-state index in [1.165, 1.54) is 5.56 Å². The summed E-state index contributed by atoms with van der Waals surface area (Å²) in [5.41, 5.74) is 2.11. The highest BCUT2D eigenvalue weighted by atomic mass is 16.5. The highest BCUT2D eigenvalue weighted by Gasteiger charge is 2.05. The number of ether oxygens (including phenoxy) is 1. The lowest BCUT2D eigenvalue weighted by Gasteiger charge is -2.18. The Morgan fingerprint density at radius 2 is 2.05 bits per heavy atom. The number of rotatable bonds is 6. The summed E-state index contributed by atoms with van der Waals surface area (Å²) in [4.78, 5) is 2.06. The van der Waals surface area contributed by atoms with Crippen LogP contribution >= 0.6 is 0 Å². The van der Waals surface area contributed by atoms with E-state index in [1.807, 2.05) is 44.4 Å². The van der Waals surface area contributed by atoms with E-state index >= 15 is 0 Å². The third kappa shape index (κ3) is 3.68. The summed E-state index contributed by atoms with van der Waals surface area (Å²) in [6, 6.07) is 12.0. The van der Waals surface area contributed by atoms with E-state index in [9.17, 15) is 0 Å². The molecule has 5 nitrogen and oxygen atoms in total. The molecular weight excluding hydrogens is 252 g/mol. The van der Waals surface area contributed by atoms with Crippen LogP contribution in [0.3, 0.4) is 0 Å². The van der Waals surface area contributed by atoms with Crippen molar-refractivity contribution in [2.45, 2.75) is 13.1 Å². The van der Waals surface area contributed by atoms with Gasteiger partial charge in [0.15, 0.2) is 5.82 Å². The Labute approximate surface area is 119 Å². The lowest BCUT2D eigenvalue weighted by Crippen LogP contribution is -2.18. The molecule has 0 aliphatic carbocycles. The fraction of sp³-hybridized carbons (Fsp3) is 0.333. The minimum absolute atomic E-state index is 0.729. The van der Waals surface area contributed by atoms with Crippen LogP contribution in [-0.2, 0) is 13.1 Å². The van der Waals surface area contributed by atoms with Gasteiger partial charge in [0.25, 0.3) is 0 Å². The molecular formula is C15H20N4O. The maximum absolute atomic E-state index is 5.23. The molecule has 2 rings (SSSR count). The molecule has 1 aromatic heterocycles. The molecule has 5 heteroatoms. The number of hydrogen-bond acceptors (Lipinski definition) is 5. The van der Waals surface area contributed by atoms with Crippen molar-refractivity contribution in [2.24, 2.45) is 0 Å². The zero-order chi connectivity index (χ0) is 14.4. The summed E-state index contributed by atoms with van der Waals surface area (Å²) in [5, 5.41) is 11.5. The van der Waals surface area contributed by atoms with Crippen molar-refractivity contribution in [1.82, 2.24) is 15.5 Å². The van der Waals surface area contributed by atoms with Gasteiger partial charge in [-0.2, -0.15) is 5.10 Å². The van der Waals surface area contributed by atoms with E-state index in [1.54, 1.807) is 7.11 Å². The summed E-state index contributed by atoms with van der Waals surface area (Å²) in [7, 11) is 5.57. The molecule has 0 fully saturated rings. The van der Waals surface area contributed by atoms with Crippen molar-refractivity contribution in [2.75, 3.05) is 26.1 Å². The first-order valence-corrected chi connectivity index (χ1v) is 6.54. The first-order valence-electron chi connectivity index (χ1n) is 6.54. The average molecular weight is 272 g/mol. The van der Waals surface area contributed by atoms with Crippen LogP contribution in [0, 0.1) is 0 Å². The van der Waals surface area contributed by atoms with Crippen molar-refractivity contribution in [1.29, 1.82) is 0 Å². The molecule has 0 aliphatic heterocycles. The van der Waals surface area contributed by atoms with E-state index in [0.717, 1.165) is 30.4 Å². The Kier molecular flexibility index (Phi) is 4.90. The molecule has 0 radical (unpaired) electrons. The van der Waals surface area contributed by atoms with Gasteiger partial charge in [0, 0.05) is 20.1 Å². The third-order valence-electron chi connectivity index (χ3n) is 3.01. The van der Waals surface area contributed by atoms with E-state index < -0.39 is 0 Å². The van der Waals surface area contributed by atoms with Crippen LogP contribution in [0.4, 0.5) is 5.82 Å². The second kappa shape index (κ2) is 6.86. The average Bonchev–Trinajstić information content (AvgIpc) is 2.48. The second-order valence-electron chi connectivity index (χ2n) is 4.62. The highest BCUT2D eigenvalue weighted by Crippen LogP contribution is 2.16. The van der Waals surface area contributed by atoms with Crippen LogP contribution in [0.2, 0.25) is 0 Å². The lowest BCUT2D eigenvalue weighted by molar-refractivity contribution is 0.414. The van der Waals surface area contributed by atoms with Crippen LogP contribution in [-0.4, -0.2) is 31.4 Å². The van der Waals surface area contributed by atoms with Crippen LogP contribution in [0.25, 0.3) is 0 Å². The van der Waals surface area contributed by atoms with Gasteiger partial charge in [-0.25, -0.2) is 0 Å². The number of methoxy groups -OCH3 is 1. The van der Waals surface area contributed by atoms with Gasteiger partial charge in [-0.3, -0.25) is 0 Å². The minimum Gasteiger partial charge on any atom is -0.497 e. The third-order valence-corrected chi connectivity index (χ3v) is 3.01. The van der Waals surface area contributed by atoms with Gasteiger partial charge in [0.05, 0.1) is 12.8 Å². The summed E-state index contributed by atoms with van der Waals surface area (Å²) in [5.74, 6) is 1.72. The fourth-order valence-corrected chi connectivity index (χ4v) is 1.96. The molecule has 0 saturated carbocycles. The van der Waals surface area contributed by atoms with E-state index in [2.05, 4.69) is 26.5 Å². The smallest absolute Gasteiger partial charge is 0.151 e. The van der Waals surface area contributed by atoms with Gasteiger partial charge in [-0.1, -0.05) is 12.1 Å². The second-order valence-corrected chi connectivity index (χ2v) is 4.62. The number of hydrogen-bond donors (Lipinski definition) is 1. The summed E-state index contributed by atoms with van der Waals surface area (Å²) in [6.07, 6.45) is 0. The molecule has 0 amide bonds. The quantitative estimate of drug-likeness (QED) is 0.869. The molecule has 1 heterocycles. The molecule has 0 aliphatic rings. The normalized spacial score (nSPS) is 10.3. The SMILES string of the molecule is CNCc1ccc(N(C)Cc2cccc(OC)c2)nn1. The summed E-state index contributed by atoms with van der Waals surface area (Å²) < 4.78 is 5.23. The minimum atomic E-state index is 0.729. The fourth-order valence-electron chi connectivity index (χ4n) is 1.96. The van der Waals surface area contributed by atoms with Gasteiger partial charge in [0.2, 0.25) is 0 Å². The number of nitrogens with zero attached hydrogens (tertiary/aromatic N) is 3. The molecule has 0 atom stereocenters. The van der Waals surface area contributed by atoms with Crippen molar-refractivity contribution in [3.63, 3.8) is 0 Å². The topological polar surface area (TPSA) is 50.3 Å². The molecule has 0 spiro atoms. The van der Waals surface area contributed by atoms with Crippen molar-refractivity contribution in [3.05, 3.63) is 47.7 Å². The Bertz CT molecular complexity index is 542. The molecule has 0 saturated heterocycles. The van der Waals surface area contributed by atoms with Crippen molar-refractivity contribution >= 4 is 5.82 Å². The Morgan fingerprint density at radius 3 is 2.70 bits per heavy atom. The first-order chi connectivity index (χ1) is 9.72. The monoisotopic (exact) mass is 272 g/mol. The molecule has 0 bridgehead atoms. The van der Waals surface area contributed by atoms with E-state index in [4.69, 9.17) is 4.74 Å². The predicted octanol–water partition coefficient (Wildman–Crippen LogP) is 1.84. The largest absolute Gasteiger partial charge is 0.497 e. The Hall–Kier alpha value is -2.14. The van der Waals surface area contributed by atoms with Gasteiger partial charge in [-0.15, -0.1) is 5.10 Å². The number of anilines is 1. The number of benzene rings is 1. The van der Waals surface area contributed by atoms with Gasteiger partial charge in [-0.05, 0) is 36.9 Å². The zero-order valence-electron chi connectivity index (χ0n) is 12.1. The van der Waals surface area contributed by atoms with Crippen LogP contribution in [0.15, 0.2) is 36.4 Å². The van der Waals surface area contributed by atoms with E-state index in [0.29, 0.717) is 0 Å². The Balaban J connectivity index is 2.05. The maximum Gasteiger partial charge on any atom is 0.151 e. The van der Waals surface area contributed by atoms with Crippen LogP contribution in [0.5, 0.6) is 5.75 Å². The highest BCUT2D eigenvalue weighted by molar-refractivity contribution is 5.39. The maximum atomic E-state index is 5.23. The number of nitrogens with one attached hydrogen (secondary N) is 1. The zero-order valence-corrected chi connectivity index (χ0v) is 12.1. The van der Waals surface area contributed by atoms with Crippen LogP contribution in [0.1, 0.15) is 11.3 Å². The van der Waals surface area contributed by atoms with Gasteiger partial charge < -0.3 is 15.0 Å². The molecule has 2 aromatic rings. The molecule has 1 N–H and O–H groups in total. The summed E-state index contributed by atoms with van der Waals surface area (Å²) in [6.45, 7) is 1.49. The Morgan fingerprint density at radius 1 is 1.20 bits per heavy atom. The molecule has 1 aromatic carbocycles. The first kappa shape index (κ1) is 14.3. The van der Waals surface area contributed by atoms with Gasteiger partial charge >= 0.3 is 0 Å². The number of aromatic nitrogens is 2. The predicted molar refractivity (Wildman–Crippen MR) is 79.9 cm³/mol.